The first kappa shape index (κ1) is 33.2. The minimum absolute atomic E-state index is 0.141. The quantitative estimate of drug-likeness (QED) is 0.148. The number of anilines is 4. The number of methoxy groups -OCH3 is 3. The lowest BCUT2D eigenvalue weighted by atomic mass is 10.0. The molecule has 0 atom stereocenters. The van der Waals surface area contributed by atoms with Crippen molar-refractivity contribution in [1.82, 2.24) is 0 Å². The average molecular weight is 621 g/mol. The fourth-order valence-corrected chi connectivity index (χ4v) is 4.35. The monoisotopic (exact) mass is 620 g/mol. The van der Waals surface area contributed by atoms with Crippen LogP contribution in [0.4, 0.5) is 22.7 Å². The molecule has 3 rings (SSSR count). The second kappa shape index (κ2) is 15.8. The van der Waals surface area contributed by atoms with Crippen LogP contribution in [0.2, 0.25) is 0 Å². The van der Waals surface area contributed by atoms with Crippen LogP contribution in [-0.4, -0.2) is 45.0 Å². The van der Waals surface area contributed by atoms with Crippen molar-refractivity contribution >= 4 is 63.0 Å². The molecular weight excluding hydrogens is 588 g/mol. The van der Waals surface area contributed by atoms with Gasteiger partial charge in [0.2, 0.25) is 29.4 Å². The number of hydrogen-bond acceptors (Lipinski definition) is 7. The van der Waals surface area contributed by atoms with Gasteiger partial charge in [-0.2, -0.15) is 0 Å². The molecule has 0 aliphatic heterocycles. The van der Waals surface area contributed by atoms with E-state index in [1.54, 1.807) is 60.7 Å². The smallest absolute Gasteiger partial charge is 0.248 e. The number of halogens is 1. The van der Waals surface area contributed by atoms with Crippen LogP contribution in [0.15, 0.2) is 78.4 Å². The fourth-order valence-electron chi connectivity index (χ4n) is 4.08. The minimum atomic E-state index is -0.479. The highest BCUT2D eigenvalue weighted by atomic mass is 35.5. The number of allylic oxidation sites excluding steroid dienone is 1. The number of hydrogen-bond donors (Lipinski definition) is 4. The van der Waals surface area contributed by atoms with Crippen LogP contribution in [0, 0.1) is 0 Å². The molecule has 4 N–H and O–H groups in total. The Morgan fingerprint density at radius 2 is 1.11 bits per heavy atom. The molecule has 3 aromatic carbocycles. The summed E-state index contributed by atoms with van der Waals surface area (Å²) in [6.45, 7) is 2.80. The van der Waals surface area contributed by atoms with Crippen LogP contribution in [0.3, 0.4) is 0 Å². The van der Waals surface area contributed by atoms with E-state index < -0.39 is 11.8 Å². The van der Waals surface area contributed by atoms with Crippen molar-refractivity contribution in [3.05, 3.63) is 84.0 Å². The van der Waals surface area contributed by atoms with Crippen molar-refractivity contribution in [3.8, 4) is 17.2 Å². The highest BCUT2D eigenvalue weighted by Crippen LogP contribution is 2.44. The van der Waals surface area contributed by atoms with Gasteiger partial charge in [0.25, 0.3) is 0 Å². The Morgan fingerprint density at radius 1 is 0.636 bits per heavy atom. The zero-order chi connectivity index (χ0) is 32.2. The highest BCUT2D eigenvalue weighted by molar-refractivity contribution is 6.50. The summed E-state index contributed by atoms with van der Waals surface area (Å²) in [4.78, 5) is 48.5. The SMILES string of the molecule is COc1ccc(/C(Cl)=C(\C=C\C(=O)Nc2ccc(NC(C)=O)cc2)CC(=O)Nc2ccc(NC(C)=O)cc2)c(OC)c1OC. The summed E-state index contributed by atoms with van der Waals surface area (Å²) in [6, 6.07) is 16.5. The molecule has 0 fully saturated rings. The molecule has 0 aliphatic rings. The van der Waals surface area contributed by atoms with Gasteiger partial charge in [0.15, 0.2) is 11.5 Å². The Balaban J connectivity index is 1.91. The van der Waals surface area contributed by atoms with Crippen molar-refractivity contribution < 1.29 is 33.4 Å². The van der Waals surface area contributed by atoms with Crippen LogP contribution in [0.25, 0.3) is 5.03 Å². The third-order valence-electron chi connectivity index (χ3n) is 5.97. The first-order valence-corrected chi connectivity index (χ1v) is 13.6. The number of benzene rings is 3. The Morgan fingerprint density at radius 3 is 1.57 bits per heavy atom. The first-order chi connectivity index (χ1) is 21.0. The van der Waals surface area contributed by atoms with E-state index in [1.165, 1.54) is 47.3 Å². The molecule has 0 aliphatic carbocycles. The Hall–Kier alpha value is -5.29. The van der Waals surface area contributed by atoms with E-state index in [-0.39, 0.29) is 29.0 Å². The lowest BCUT2D eigenvalue weighted by Crippen LogP contribution is -2.13. The van der Waals surface area contributed by atoms with Crippen LogP contribution in [-0.2, 0) is 19.2 Å². The molecule has 3 aromatic rings. The van der Waals surface area contributed by atoms with Gasteiger partial charge in [0.1, 0.15) is 0 Å². The summed E-state index contributed by atoms with van der Waals surface area (Å²) in [7, 11) is 4.39. The molecule has 0 aromatic heterocycles. The number of amides is 4. The molecule has 0 saturated carbocycles. The van der Waals surface area contributed by atoms with Gasteiger partial charge in [-0.1, -0.05) is 17.7 Å². The van der Waals surface area contributed by atoms with Crippen molar-refractivity contribution in [2.24, 2.45) is 0 Å². The number of nitrogens with one attached hydrogen (secondary N) is 4. The standard InChI is InChI=1S/C32H33ClN4O7/c1-19(38)34-22-7-11-24(12-8-22)36-28(40)17-6-21(18-29(41)37-25-13-9-23(10-14-25)35-20(2)39)30(33)26-15-16-27(42-3)32(44-5)31(26)43-4/h6-17H,18H2,1-5H3,(H,34,38)(H,35,39)(H,36,40)(H,37,41)/b17-6+,30-21-. The molecule has 230 valence electrons. The molecule has 0 spiro atoms. The minimum Gasteiger partial charge on any atom is -0.493 e. The largest absolute Gasteiger partial charge is 0.493 e. The summed E-state index contributed by atoms with van der Waals surface area (Å²) in [5, 5.41) is 11.0. The number of rotatable bonds is 12. The van der Waals surface area contributed by atoms with Gasteiger partial charge in [-0.3, -0.25) is 19.2 Å². The number of ether oxygens (including phenoxy) is 3. The van der Waals surface area contributed by atoms with Crippen LogP contribution < -0.4 is 35.5 Å². The lowest BCUT2D eigenvalue weighted by molar-refractivity contribution is -0.116. The summed E-state index contributed by atoms with van der Waals surface area (Å²) >= 11 is 6.87. The maximum Gasteiger partial charge on any atom is 0.248 e. The number of carbonyl (C=O) groups excluding carboxylic acids is 4. The van der Waals surface area contributed by atoms with E-state index in [9.17, 15) is 19.2 Å². The second-order valence-corrected chi connectivity index (χ2v) is 9.66. The molecule has 4 amide bonds. The summed E-state index contributed by atoms with van der Waals surface area (Å²) in [6.07, 6.45) is 2.49. The molecule has 11 nitrogen and oxygen atoms in total. The van der Waals surface area contributed by atoms with E-state index in [0.717, 1.165) is 0 Å². The van der Waals surface area contributed by atoms with Crippen molar-refractivity contribution in [3.63, 3.8) is 0 Å². The van der Waals surface area contributed by atoms with Gasteiger partial charge in [-0.05, 0) is 66.2 Å². The maximum absolute atomic E-state index is 13.1. The average Bonchev–Trinajstić information content (AvgIpc) is 2.99. The summed E-state index contributed by atoms with van der Waals surface area (Å²) < 4.78 is 16.4. The normalized spacial score (nSPS) is 11.2. The van der Waals surface area contributed by atoms with E-state index in [1.807, 2.05) is 0 Å². The summed E-state index contributed by atoms with van der Waals surface area (Å²) in [5.41, 5.74) is 2.87. The van der Waals surface area contributed by atoms with E-state index >= 15 is 0 Å². The van der Waals surface area contributed by atoms with Crippen molar-refractivity contribution in [2.45, 2.75) is 20.3 Å². The third-order valence-corrected chi connectivity index (χ3v) is 6.42. The molecule has 0 radical (unpaired) electrons. The van der Waals surface area contributed by atoms with E-state index in [2.05, 4.69) is 21.3 Å². The molecular formula is C32H33ClN4O7. The van der Waals surface area contributed by atoms with Gasteiger partial charge >= 0.3 is 0 Å². The lowest BCUT2D eigenvalue weighted by Gasteiger charge is -2.17. The maximum atomic E-state index is 13.1. The fraction of sp³-hybridized carbons (Fsp3) is 0.188. The second-order valence-electron chi connectivity index (χ2n) is 9.29. The Kier molecular flexibility index (Phi) is 11.9. The van der Waals surface area contributed by atoms with Gasteiger partial charge in [-0.25, -0.2) is 0 Å². The molecule has 0 bridgehead atoms. The van der Waals surface area contributed by atoms with E-state index in [0.29, 0.717) is 45.4 Å². The predicted molar refractivity (Wildman–Crippen MR) is 171 cm³/mol. The molecule has 12 heteroatoms. The Labute approximate surface area is 260 Å². The zero-order valence-electron chi connectivity index (χ0n) is 24.9. The molecule has 0 saturated heterocycles. The van der Waals surface area contributed by atoms with E-state index in [4.69, 9.17) is 25.8 Å². The highest BCUT2D eigenvalue weighted by Gasteiger charge is 2.20. The van der Waals surface area contributed by atoms with Crippen LogP contribution in [0.1, 0.15) is 25.8 Å². The topological polar surface area (TPSA) is 144 Å². The summed E-state index contributed by atoms with van der Waals surface area (Å²) in [5.74, 6) is -0.318. The van der Waals surface area contributed by atoms with Crippen LogP contribution >= 0.6 is 11.6 Å². The first-order valence-electron chi connectivity index (χ1n) is 13.3. The van der Waals surface area contributed by atoms with Gasteiger partial charge in [0, 0.05) is 48.2 Å². The van der Waals surface area contributed by atoms with Gasteiger partial charge in [0.05, 0.1) is 32.8 Å². The van der Waals surface area contributed by atoms with Gasteiger partial charge in [-0.15, -0.1) is 0 Å². The van der Waals surface area contributed by atoms with Gasteiger partial charge < -0.3 is 35.5 Å². The predicted octanol–water partition coefficient (Wildman–Crippen LogP) is 5.80. The van der Waals surface area contributed by atoms with Crippen molar-refractivity contribution in [1.29, 1.82) is 0 Å². The zero-order valence-corrected chi connectivity index (χ0v) is 25.6. The van der Waals surface area contributed by atoms with Crippen LogP contribution in [0.5, 0.6) is 17.2 Å². The molecule has 44 heavy (non-hydrogen) atoms. The third kappa shape index (κ3) is 9.36. The molecule has 0 unspecified atom stereocenters. The van der Waals surface area contributed by atoms with Crippen molar-refractivity contribution in [2.75, 3.05) is 42.6 Å². The number of carbonyl (C=O) groups is 4. The molecule has 0 heterocycles. The Bertz CT molecular complexity index is 1580.